The topological polar surface area (TPSA) is 29.1 Å². The second-order valence-corrected chi connectivity index (χ2v) is 5.95. The molecule has 0 heterocycles. The van der Waals surface area contributed by atoms with Gasteiger partial charge in [0.1, 0.15) is 0 Å². The summed E-state index contributed by atoms with van der Waals surface area (Å²) in [6.07, 6.45) is 0. The van der Waals surface area contributed by atoms with Gasteiger partial charge in [-0.2, -0.15) is 0 Å². The van der Waals surface area contributed by atoms with Gasteiger partial charge in [-0.05, 0) is 33.6 Å². The van der Waals surface area contributed by atoms with Crippen LogP contribution in [-0.2, 0) is 0 Å². The molecule has 2 aromatic rings. The average molecular weight is 373 g/mol. The van der Waals surface area contributed by atoms with E-state index in [1.165, 1.54) is 0 Å². The van der Waals surface area contributed by atoms with Crippen LogP contribution in [0.4, 0.5) is 0 Å². The van der Waals surface area contributed by atoms with Crippen molar-refractivity contribution in [1.29, 1.82) is 0 Å². The van der Waals surface area contributed by atoms with Crippen molar-refractivity contribution in [3.05, 3.63) is 69.2 Å². The van der Waals surface area contributed by atoms with E-state index in [2.05, 4.69) is 21.2 Å². The molecular formula is C15H12BrCl2NO. The van der Waals surface area contributed by atoms with Crippen molar-refractivity contribution >= 4 is 45.0 Å². The Bertz CT molecular complexity index is 604. The first kappa shape index (κ1) is 15.4. The van der Waals surface area contributed by atoms with Gasteiger partial charge in [0.25, 0.3) is 5.91 Å². The molecule has 0 fully saturated rings. The van der Waals surface area contributed by atoms with Gasteiger partial charge in [0.2, 0.25) is 0 Å². The Morgan fingerprint density at radius 1 is 1.15 bits per heavy atom. The Morgan fingerprint density at radius 2 is 1.85 bits per heavy atom. The summed E-state index contributed by atoms with van der Waals surface area (Å²) in [6.45, 7) is 0.341. The number of amides is 1. The maximum absolute atomic E-state index is 12.1. The van der Waals surface area contributed by atoms with Crippen molar-refractivity contribution in [2.45, 2.75) is 5.38 Å². The molecule has 20 heavy (non-hydrogen) atoms. The number of halogens is 3. The average Bonchev–Trinajstić information content (AvgIpc) is 2.48. The van der Waals surface area contributed by atoms with Crippen molar-refractivity contribution < 1.29 is 4.79 Å². The lowest BCUT2D eigenvalue weighted by Crippen LogP contribution is -2.27. The maximum atomic E-state index is 12.1. The molecular weight excluding hydrogens is 361 g/mol. The molecule has 1 unspecified atom stereocenters. The van der Waals surface area contributed by atoms with E-state index in [9.17, 15) is 4.79 Å². The van der Waals surface area contributed by atoms with E-state index < -0.39 is 0 Å². The lowest BCUT2D eigenvalue weighted by Gasteiger charge is -2.12. The number of nitrogens with one attached hydrogen (secondary N) is 1. The van der Waals surface area contributed by atoms with E-state index in [0.29, 0.717) is 21.6 Å². The van der Waals surface area contributed by atoms with Crippen molar-refractivity contribution in [3.8, 4) is 0 Å². The molecule has 5 heteroatoms. The number of hydrogen-bond donors (Lipinski definition) is 1. The molecule has 0 aliphatic carbocycles. The fraction of sp³-hybridized carbons (Fsp3) is 0.133. The molecule has 0 saturated carbocycles. The quantitative estimate of drug-likeness (QED) is 0.766. The Morgan fingerprint density at radius 3 is 2.55 bits per heavy atom. The van der Waals surface area contributed by atoms with E-state index in [1.54, 1.807) is 18.2 Å². The summed E-state index contributed by atoms with van der Waals surface area (Å²) in [7, 11) is 0. The number of hydrogen-bond acceptors (Lipinski definition) is 1. The van der Waals surface area contributed by atoms with Crippen molar-refractivity contribution in [2.24, 2.45) is 0 Å². The van der Waals surface area contributed by atoms with Crippen LogP contribution in [0.5, 0.6) is 0 Å². The summed E-state index contributed by atoms with van der Waals surface area (Å²) in [5.41, 5.74) is 1.40. The molecule has 1 atom stereocenters. The number of benzene rings is 2. The van der Waals surface area contributed by atoms with Gasteiger partial charge in [0, 0.05) is 11.0 Å². The fourth-order valence-corrected chi connectivity index (χ4v) is 2.54. The van der Waals surface area contributed by atoms with E-state index in [4.69, 9.17) is 23.2 Å². The van der Waals surface area contributed by atoms with Crippen LogP contribution in [0.3, 0.4) is 0 Å². The van der Waals surface area contributed by atoms with Crippen LogP contribution >= 0.6 is 39.1 Å². The largest absolute Gasteiger partial charge is 0.350 e. The van der Waals surface area contributed by atoms with Gasteiger partial charge in [0.15, 0.2) is 0 Å². The van der Waals surface area contributed by atoms with Crippen LogP contribution in [0.2, 0.25) is 5.02 Å². The monoisotopic (exact) mass is 371 g/mol. The minimum Gasteiger partial charge on any atom is -0.350 e. The van der Waals surface area contributed by atoms with Gasteiger partial charge in [-0.3, -0.25) is 4.79 Å². The van der Waals surface area contributed by atoms with E-state index in [1.807, 2.05) is 30.3 Å². The normalized spacial score (nSPS) is 11.9. The minimum absolute atomic E-state index is 0.238. The highest BCUT2D eigenvalue weighted by Crippen LogP contribution is 2.26. The zero-order valence-corrected chi connectivity index (χ0v) is 13.5. The lowest BCUT2D eigenvalue weighted by molar-refractivity contribution is 0.0953. The summed E-state index contributed by atoms with van der Waals surface area (Å²) in [4.78, 5) is 12.1. The predicted octanol–water partition coefficient (Wildman–Crippen LogP) is 4.81. The molecule has 0 radical (unpaired) electrons. The van der Waals surface area contributed by atoms with Crippen LogP contribution in [0.1, 0.15) is 21.3 Å². The first-order valence-electron chi connectivity index (χ1n) is 6.01. The van der Waals surface area contributed by atoms with Crippen LogP contribution in [0.15, 0.2) is 53.0 Å². The van der Waals surface area contributed by atoms with Gasteiger partial charge in [-0.15, -0.1) is 11.6 Å². The summed E-state index contributed by atoms with van der Waals surface area (Å²) >= 11 is 15.6. The third kappa shape index (κ3) is 3.75. The highest BCUT2D eigenvalue weighted by molar-refractivity contribution is 9.10. The first-order chi connectivity index (χ1) is 9.59. The highest BCUT2D eigenvalue weighted by Gasteiger charge is 2.14. The SMILES string of the molecule is O=C(NCC(Cl)c1ccccc1)c1cccc(Br)c1Cl. The second-order valence-electron chi connectivity index (χ2n) is 4.19. The van der Waals surface area contributed by atoms with Crippen molar-refractivity contribution in [3.63, 3.8) is 0 Å². The molecule has 0 spiro atoms. The molecule has 2 rings (SSSR count). The summed E-state index contributed by atoms with van der Waals surface area (Å²) < 4.78 is 0.692. The Hall–Kier alpha value is -1.03. The number of alkyl halides is 1. The summed E-state index contributed by atoms with van der Waals surface area (Å²) in [5.74, 6) is -0.238. The van der Waals surface area contributed by atoms with Gasteiger partial charge in [-0.25, -0.2) is 0 Å². The molecule has 0 aromatic heterocycles. The second kappa shape index (κ2) is 7.11. The van der Waals surface area contributed by atoms with Crippen LogP contribution in [-0.4, -0.2) is 12.5 Å². The van der Waals surface area contributed by atoms with E-state index in [-0.39, 0.29) is 11.3 Å². The van der Waals surface area contributed by atoms with Gasteiger partial charge in [-0.1, -0.05) is 48.0 Å². The maximum Gasteiger partial charge on any atom is 0.252 e. The van der Waals surface area contributed by atoms with Gasteiger partial charge >= 0.3 is 0 Å². The minimum atomic E-state index is -0.272. The smallest absolute Gasteiger partial charge is 0.252 e. The molecule has 104 valence electrons. The number of carbonyl (C=O) groups is 1. The zero-order valence-electron chi connectivity index (χ0n) is 10.4. The third-order valence-corrected chi connectivity index (χ3v) is 4.50. The third-order valence-electron chi connectivity index (χ3n) is 2.80. The van der Waals surface area contributed by atoms with Crippen molar-refractivity contribution in [2.75, 3.05) is 6.54 Å². The van der Waals surface area contributed by atoms with Crippen LogP contribution in [0, 0.1) is 0 Å². The number of rotatable bonds is 4. The predicted molar refractivity (Wildman–Crippen MR) is 86.5 cm³/mol. The molecule has 1 N–H and O–H groups in total. The molecule has 0 bridgehead atoms. The lowest BCUT2D eigenvalue weighted by atomic mass is 10.1. The van der Waals surface area contributed by atoms with Gasteiger partial charge < -0.3 is 5.32 Å². The summed E-state index contributed by atoms with van der Waals surface area (Å²) in [6, 6.07) is 14.8. The van der Waals surface area contributed by atoms with E-state index in [0.717, 1.165) is 5.56 Å². The zero-order chi connectivity index (χ0) is 14.5. The van der Waals surface area contributed by atoms with Gasteiger partial charge in [0.05, 0.1) is 16.0 Å². The molecule has 1 amide bonds. The van der Waals surface area contributed by atoms with Crippen molar-refractivity contribution in [1.82, 2.24) is 5.32 Å². The summed E-state index contributed by atoms with van der Waals surface area (Å²) in [5, 5.41) is 2.92. The molecule has 0 aliphatic rings. The molecule has 2 aromatic carbocycles. The molecule has 0 saturated heterocycles. The van der Waals surface area contributed by atoms with Crippen LogP contribution in [0.25, 0.3) is 0 Å². The highest BCUT2D eigenvalue weighted by atomic mass is 79.9. The molecule has 2 nitrogen and oxygen atoms in total. The molecule has 0 aliphatic heterocycles. The number of carbonyl (C=O) groups excluding carboxylic acids is 1. The van der Waals surface area contributed by atoms with E-state index >= 15 is 0 Å². The Kier molecular flexibility index (Phi) is 5.46. The first-order valence-corrected chi connectivity index (χ1v) is 7.61. The van der Waals surface area contributed by atoms with Crippen LogP contribution < -0.4 is 5.32 Å². The standard InChI is InChI=1S/C15H12BrCl2NO/c16-12-8-4-7-11(14(12)18)15(20)19-9-13(17)10-5-2-1-3-6-10/h1-8,13H,9H2,(H,19,20). The fourth-order valence-electron chi connectivity index (χ4n) is 1.74. The Balaban J connectivity index is 2.01. The Labute approximate surface area is 136 Å².